The zero-order chi connectivity index (χ0) is 16.2. The minimum Gasteiger partial charge on any atom is -0.467 e. The minimum atomic E-state index is -1.97. The molecule has 0 bridgehead atoms. The predicted molar refractivity (Wildman–Crippen MR) is 73.6 cm³/mol. The molecule has 20 heavy (non-hydrogen) atoms. The van der Waals surface area contributed by atoms with Gasteiger partial charge in [0.25, 0.3) is 0 Å². The molecule has 1 amide bonds. The van der Waals surface area contributed by atoms with Crippen LogP contribution in [0.2, 0.25) is 0 Å². The van der Waals surface area contributed by atoms with Crippen LogP contribution in [-0.4, -0.2) is 25.0 Å². The van der Waals surface area contributed by atoms with E-state index < -0.39 is 29.6 Å². The van der Waals surface area contributed by atoms with Crippen LogP contribution in [-0.2, 0) is 14.3 Å². The van der Waals surface area contributed by atoms with E-state index in [2.05, 4.69) is 10.1 Å². The molecule has 0 fully saturated rings. The number of amides is 1. The van der Waals surface area contributed by atoms with Crippen LogP contribution >= 0.6 is 0 Å². The number of halogens is 1. The summed E-state index contributed by atoms with van der Waals surface area (Å²) in [6, 6.07) is 3.57. The van der Waals surface area contributed by atoms with E-state index in [1.54, 1.807) is 0 Å². The van der Waals surface area contributed by atoms with Gasteiger partial charge in [-0.25, -0.2) is 9.18 Å². The van der Waals surface area contributed by atoms with Gasteiger partial charge < -0.3 is 10.1 Å². The van der Waals surface area contributed by atoms with Crippen molar-refractivity contribution in [3.05, 3.63) is 35.6 Å². The average Bonchev–Trinajstić information content (AvgIpc) is 2.39. The Morgan fingerprint density at radius 1 is 1.30 bits per heavy atom. The second-order valence-electron chi connectivity index (χ2n) is 4.86. The molecule has 0 radical (unpaired) electrons. The number of ether oxygens (including phenoxy) is 1. The summed E-state index contributed by atoms with van der Waals surface area (Å²) < 4.78 is 26.2. The van der Waals surface area contributed by atoms with Crippen LogP contribution in [0.25, 0.3) is 0 Å². The second kappa shape index (κ2) is 7.03. The summed E-state index contributed by atoms with van der Waals surface area (Å²) in [6.45, 7) is 4.87. The van der Waals surface area contributed by atoms with Gasteiger partial charge in [-0.1, -0.05) is 26.0 Å². The van der Waals surface area contributed by atoms with Crippen LogP contribution < -0.4 is 5.32 Å². The van der Waals surface area contributed by atoms with Crippen LogP contribution in [0.4, 0.5) is 4.39 Å². The molecular weight excluding hydrogens is 261 g/mol. The van der Waals surface area contributed by atoms with Crippen molar-refractivity contribution in [1.29, 1.82) is 0 Å². The monoisotopic (exact) mass is 282 g/mol. The highest BCUT2D eigenvalue weighted by molar-refractivity contribution is 5.84. The van der Waals surface area contributed by atoms with Gasteiger partial charge in [-0.05, 0) is 23.6 Å². The Morgan fingerprint density at radius 3 is 2.25 bits per heavy atom. The minimum absolute atomic E-state index is 0.154. The molecule has 5 heteroatoms. The van der Waals surface area contributed by atoms with Crippen molar-refractivity contribution in [2.75, 3.05) is 7.11 Å². The van der Waals surface area contributed by atoms with E-state index in [1.807, 2.05) is 13.8 Å². The Morgan fingerprint density at radius 2 is 1.85 bits per heavy atom. The van der Waals surface area contributed by atoms with E-state index in [4.69, 9.17) is 1.37 Å². The van der Waals surface area contributed by atoms with E-state index in [9.17, 15) is 14.0 Å². The quantitative estimate of drug-likeness (QED) is 0.843. The first kappa shape index (κ1) is 14.5. The van der Waals surface area contributed by atoms with Gasteiger partial charge >= 0.3 is 5.97 Å². The lowest BCUT2D eigenvalue weighted by atomic mass is 9.82. The third kappa shape index (κ3) is 4.05. The highest BCUT2D eigenvalue weighted by atomic mass is 19.1. The van der Waals surface area contributed by atoms with Crippen molar-refractivity contribution in [3.8, 4) is 0 Å². The van der Waals surface area contributed by atoms with Crippen LogP contribution in [0.1, 0.15) is 33.6 Å². The largest absolute Gasteiger partial charge is 0.467 e. The Labute approximate surface area is 119 Å². The molecule has 4 nitrogen and oxygen atoms in total. The Bertz CT molecular complexity index is 518. The van der Waals surface area contributed by atoms with Gasteiger partial charge in [0.1, 0.15) is 11.8 Å². The number of rotatable bonds is 5. The lowest BCUT2D eigenvalue weighted by molar-refractivity contribution is -0.146. The van der Waals surface area contributed by atoms with E-state index in [-0.39, 0.29) is 5.92 Å². The number of methoxy groups -OCH3 is 1. The number of esters is 1. The smallest absolute Gasteiger partial charge is 0.329 e. The highest BCUT2D eigenvalue weighted by Gasteiger charge is 2.33. The number of hydrogen-bond acceptors (Lipinski definition) is 3. The number of nitrogens with one attached hydrogen (secondary N) is 1. The lowest BCUT2D eigenvalue weighted by Gasteiger charge is -2.29. The third-order valence-electron chi connectivity index (χ3n) is 2.92. The fourth-order valence-electron chi connectivity index (χ4n) is 2.11. The zero-order valence-electron chi connectivity index (χ0n) is 13.1. The van der Waals surface area contributed by atoms with Gasteiger partial charge in [-0.15, -0.1) is 0 Å². The Balaban J connectivity index is 3.35. The summed E-state index contributed by atoms with van der Waals surface area (Å²) in [5.74, 6) is -2.60. The number of hydrogen-bond donors (Lipinski definition) is 1. The fourth-order valence-corrected chi connectivity index (χ4v) is 2.11. The fraction of sp³-hybridized carbons (Fsp3) is 0.467. The maximum absolute atomic E-state index is 13.1. The third-order valence-corrected chi connectivity index (χ3v) is 2.92. The Hall–Kier alpha value is -1.91. The molecule has 0 aliphatic carbocycles. The van der Waals surface area contributed by atoms with Crippen molar-refractivity contribution >= 4 is 11.9 Å². The maximum Gasteiger partial charge on any atom is 0.329 e. The first-order chi connectivity index (χ1) is 9.72. The van der Waals surface area contributed by atoms with Gasteiger partial charge in [0.05, 0.1) is 8.48 Å². The molecule has 0 heterocycles. The van der Waals surface area contributed by atoms with Gasteiger partial charge in [-0.3, -0.25) is 4.79 Å². The molecule has 1 N–H and O–H groups in total. The molecule has 2 atom stereocenters. The molecule has 0 saturated heterocycles. The molecule has 1 aromatic rings. The molecule has 1 aromatic carbocycles. The first-order valence-corrected chi connectivity index (χ1v) is 6.35. The van der Waals surface area contributed by atoms with Crippen molar-refractivity contribution in [3.63, 3.8) is 0 Å². The summed E-state index contributed by atoms with van der Waals surface area (Å²) in [5, 5.41) is 2.36. The number of carbonyl (C=O) groups is 2. The van der Waals surface area contributed by atoms with E-state index >= 15 is 0 Å². The molecule has 1 rings (SSSR count). The molecule has 110 valence electrons. The van der Waals surface area contributed by atoms with Gasteiger partial charge in [-0.2, -0.15) is 0 Å². The summed E-state index contributed by atoms with van der Waals surface area (Å²) in [7, 11) is 1.16. The summed E-state index contributed by atoms with van der Waals surface area (Å²) in [6.07, 6.45) is 0. The standard InChI is InChI=1S/C15H20FNO3/c1-9(2)13(11-5-7-12(16)8-6-11)14(15(19)20-4)17-10(3)18/h5-9,13-14H,1-4H3,(H,17,18)/i14D. The molecule has 0 saturated carbocycles. The van der Waals surface area contributed by atoms with Crippen molar-refractivity contribution in [2.45, 2.75) is 32.7 Å². The van der Waals surface area contributed by atoms with Crippen molar-refractivity contribution < 1.29 is 20.1 Å². The SMILES string of the molecule is [2H]C(NC(C)=O)(C(=O)OC)C(c1ccc(F)cc1)C(C)C. The number of carbonyl (C=O) groups excluding carboxylic acids is 2. The first-order valence-electron chi connectivity index (χ1n) is 6.85. The van der Waals surface area contributed by atoms with E-state index in [0.29, 0.717) is 5.56 Å². The maximum atomic E-state index is 13.1. The molecule has 0 aromatic heterocycles. The van der Waals surface area contributed by atoms with Crippen LogP contribution in [0, 0.1) is 11.7 Å². The molecule has 0 aliphatic rings. The van der Waals surface area contributed by atoms with E-state index in [0.717, 1.165) is 7.11 Å². The zero-order valence-corrected chi connectivity index (χ0v) is 12.1. The predicted octanol–water partition coefficient (Wildman–Crippen LogP) is 2.24. The number of benzene rings is 1. The lowest BCUT2D eigenvalue weighted by Crippen LogP contribution is -2.46. The average molecular weight is 282 g/mol. The van der Waals surface area contributed by atoms with Crippen molar-refractivity contribution in [1.82, 2.24) is 5.32 Å². The van der Waals surface area contributed by atoms with Gasteiger partial charge in [0.15, 0.2) is 0 Å². The van der Waals surface area contributed by atoms with Crippen LogP contribution in [0.15, 0.2) is 24.3 Å². The molecule has 0 spiro atoms. The topological polar surface area (TPSA) is 55.4 Å². The normalized spacial score (nSPS) is 16.0. The van der Waals surface area contributed by atoms with Gasteiger partial charge in [0.2, 0.25) is 5.91 Å². The van der Waals surface area contributed by atoms with E-state index in [1.165, 1.54) is 31.2 Å². The van der Waals surface area contributed by atoms with Crippen LogP contribution in [0.5, 0.6) is 0 Å². The molecular formula is C15H20FNO3. The summed E-state index contributed by atoms with van der Waals surface area (Å²) >= 11 is 0. The highest BCUT2D eigenvalue weighted by Crippen LogP contribution is 2.29. The van der Waals surface area contributed by atoms with Gasteiger partial charge in [0, 0.05) is 12.8 Å². The second-order valence-corrected chi connectivity index (χ2v) is 4.86. The Kier molecular flexibility index (Phi) is 5.09. The summed E-state index contributed by atoms with van der Waals surface area (Å²) in [5.41, 5.74) is 0.584. The molecule has 2 unspecified atom stereocenters. The molecule has 0 aliphatic heterocycles. The summed E-state index contributed by atoms with van der Waals surface area (Å²) in [4.78, 5) is 23.5. The van der Waals surface area contributed by atoms with Crippen molar-refractivity contribution in [2.24, 2.45) is 5.92 Å². The van der Waals surface area contributed by atoms with Crippen LogP contribution in [0.3, 0.4) is 0 Å².